The van der Waals surface area contributed by atoms with Gasteiger partial charge in [0.2, 0.25) is 0 Å². The highest BCUT2D eigenvalue weighted by molar-refractivity contribution is 4.83. The Kier molecular flexibility index (Phi) is 3.26. The Balaban J connectivity index is 2.38. The predicted molar refractivity (Wildman–Crippen MR) is 40.1 cm³/mol. The van der Waals surface area contributed by atoms with Crippen LogP contribution in [0, 0.1) is 5.92 Å². The van der Waals surface area contributed by atoms with Crippen LogP contribution < -0.4 is 5.32 Å². The van der Waals surface area contributed by atoms with E-state index in [0.717, 1.165) is 0 Å². The molecule has 1 rings (SSSR count). The van der Waals surface area contributed by atoms with Crippen LogP contribution in [-0.4, -0.2) is 47.2 Å². The van der Waals surface area contributed by atoms with Crippen LogP contribution in [0.5, 0.6) is 0 Å². The zero-order valence-electron chi connectivity index (χ0n) is 6.40. The lowest BCUT2D eigenvalue weighted by atomic mass is 9.91. The Morgan fingerprint density at radius 1 is 1.27 bits per heavy atom. The number of rotatable bonds is 2. The van der Waals surface area contributed by atoms with Crippen molar-refractivity contribution < 1.29 is 15.3 Å². The van der Waals surface area contributed by atoms with Crippen molar-refractivity contribution in [3.63, 3.8) is 0 Å². The average molecular weight is 161 g/mol. The summed E-state index contributed by atoms with van der Waals surface area (Å²) >= 11 is 0. The third kappa shape index (κ3) is 2.13. The maximum Gasteiger partial charge on any atom is 0.0926 e. The molecule has 0 aromatic rings. The van der Waals surface area contributed by atoms with Crippen LogP contribution in [0.15, 0.2) is 0 Å². The summed E-state index contributed by atoms with van der Waals surface area (Å²) in [7, 11) is 0. The van der Waals surface area contributed by atoms with Crippen LogP contribution in [0.2, 0.25) is 0 Å². The van der Waals surface area contributed by atoms with Crippen molar-refractivity contribution in [3.05, 3.63) is 0 Å². The molecule has 0 amide bonds. The van der Waals surface area contributed by atoms with Crippen molar-refractivity contribution in [1.29, 1.82) is 0 Å². The third-order valence-electron chi connectivity index (χ3n) is 2.14. The Hall–Kier alpha value is -0.160. The molecule has 0 aromatic heterocycles. The summed E-state index contributed by atoms with van der Waals surface area (Å²) in [6, 6.07) is 0. The fourth-order valence-corrected chi connectivity index (χ4v) is 1.41. The Morgan fingerprint density at radius 2 is 2.00 bits per heavy atom. The summed E-state index contributed by atoms with van der Waals surface area (Å²) < 4.78 is 0. The van der Waals surface area contributed by atoms with Gasteiger partial charge in [0.15, 0.2) is 0 Å². The maximum atomic E-state index is 9.37. The molecule has 4 N–H and O–H groups in total. The average Bonchev–Trinajstić information content (AvgIpc) is 1.99. The van der Waals surface area contributed by atoms with Gasteiger partial charge in [-0.25, -0.2) is 0 Å². The lowest BCUT2D eigenvalue weighted by Crippen LogP contribution is -2.50. The first-order valence-corrected chi connectivity index (χ1v) is 3.93. The SMILES string of the molecule is OCCC1CNCC(O)C1O. The van der Waals surface area contributed by atoms with Crippen molar-refractivity contribution in [2.45, 2.75) is 18.6 Å². The highest BCUT2D eigenvalue weighted by Crippen LogP contribution is 2.14. The minimum atomic E-state index is -0.680. The number of hydrogen-bond donors (Lipinski definition) is 4. The molecule has 4 heteroatoms. The summed E-state index contributed by atoms with van der Waals surface area (Å²) in [5.74, 6) is -0.0104. The van der Waals surface area contributed by atoms with Gasteiger partial charge in [-0.3, -0.25) is 0 Å². The van der Waals surface area contributed by atoms with Crippen molar-refractivity contribution in [3.8, 4) is 0 Å². The van der Waals surface area contributed by atoms with Gasteiger partial charge in [-0.05, 0) is 6.42 Å². The number of hydrogen-bond acceptors (Lipinski definition) is 4. The molecule has 1 aliphatic rings. The highest BCUT2D eigenvalue weighted by atomic mass is 16.3. The van der Waals surface area contributed by atoms with E-state index in [4.69, 9.17) is 5.11 Å². The first-order valence-electron chi connectivity index (χ1n) is 3.93. The van der Waals surface area contributed by atoms with E-state index in [9.17, 15) is 10.2 Å². The molecule has 66 valence electrons. The molecule has 3 unspecified atom stereocenters. The second-order valence-electron chi connectivity index (χ2n) is 2.99. The molecule has 3 atom stereocenters. The van der Waals surface area contributed by atoms with Crippen LogP contribution >= 0.6 is 0 Å². The van der Waals surface area contributed by atoms with Gasteiger partial charge < -0.3 is 20.6 Å². The second-order valence-corrected chi connectivity index (χ2v) is 2.99. The minimum absolute atomic E-state index is 0.0104. The van der Waals surface area contributed by atoms with Crippen LogP contribution in [0.4, 0.5) is 0 Å². The summed E-state index contributed by atoms with van der Waals surface area (Å²) in [6.07, 6.45) is -0.811. The standard InChI is InChI=1S/C7H15NO3/c9-2-1-5-3-8-4-6(10)7(5)11/h5-11H,1-4H2. The summed E-state index contributed by atoms with van der Waals surface area (Å²) in [5.41, 5.74) is 0. The molecular weight excluding hydrogens is 146 g/mol. The summed E-state index contributed by atoms with van der Waals surface area (Å²) in [6.45, 7) is 1.19. The van der Waals surface area contributed by atoms with E-state index in [1.807, 2.05) is 0 Å². The van der Waals surface area contributed by atoms with E-state index < -0.39 is 12.2 Å². The fourth-order valence-electron chi connectivity index (χ4n) is 1.41. The maximum absolute atomic E-state index is 9.37. The van der Waals surface area contributed by atoms with E-state index in [0.29, 0.717) is 19.5 Å². The van der Waals surface area contributed by atoms with Crippen LogP contribution in [0.1, 0.15) is 6.42 Å². The predicted octanol–water partition coefficient (Wildman–Crippen LogP) is -1.69. The van der Waals surface area contributed by atoms with E-state index in [1.165, 1.54) is 0 Å². The van der Waals surface area contributed by atoms with Crippen molar-refractivity contribution in [2.24, 2.45) is 5.92 Å². The van der Waals surface area contributed by atoms with Crippen LogP contribution in [0.25, 0.3) is 0 Å². The quantitative estimate of drug-likeness (QED) is 0.390. The fraction of sp³-hybridized carbons (Fsp3) is 1.00. The molecule has 4 nitrogen and oxygen atoms in total. The van der Waals surface area contributed by atoms with Gasteiger partial charge in [0.05, 0.1) is 12.2 Å². The van der Waals surface area contributed by atoms with E-state index in [1.54, 1.807) is 0 Å². The molecule has 1 aliphatic heterocycles. The Morgan fingerprint density at radius 3 is 2.64 bits per heavy atom. The van der Waals surface area contributed by atoms with E-state index in [-0.39, 0.29) is 12.5 Å². The Labute approximate surface area is 65.9 Å². The zero-order valence-corrected chi connectivity index (χ0v) is 6.40. The molecular formula is C7H15NO3. The van der Waals surface area contributed by atoms with Gasteiger partial charge in [0.1, 0.15) is 0 Å². The van der Waals surface area contributed by atoms with Gasteiger partial charge in [-0.15, -0.1) is 0 Å². The van der Waals surface area contributed by atoms with Crippen LogP contribution in [-0.2, 0) is 0 Å². The highest BCUT2D eigenvalue weighted by Gasteiger charge is 2.29. The van der Waals surface area contributed by atoms with Crippen molar-refractivity contribution in [2.75, 3.05) is 19.7 Å². The van der Waals surface area contributed by atoms with Gasteiger partial charge >= 0.3 is 0 Å². The summed E-state index contributed by atoms with van der Waals surface area (Å²) in [5, 5.41) is 30.1. The number of piperidine rings is 1. The van der Waals surface area contributed by atoms with E-state index >= 15 is 0 Å². The number of β-amino-alcohol motifs (C(OH)–C–C–N with tert-alkyl or cyclic N) is 1. The van der Waals surface area contributed by atoms with Gasteiger partial charge in [0, 0.05) is 25.6 Å². The molecule has 0 spiro atoms. The lowest BCUT2D eigenvalue weighted by Gasteiger charge is -2.32. The number of aliphatic hydroxyl groups excluding tert-OH is 3. The van der Waals surface area contributed by atoms with Crippen LogP contribution in [0.3, 0.4) is 0 Å². The molecule has 1 saturated heterocycles. The third-order valence-corrected chi connectivity index (χ3v) is 2.14. The number of aliphatic hydroxyl groups is 3. The number of nitrogens with one attached hydrogen (secondary N) is 1. The van der Waals surface area contributed by atoms with Gasteiger partial charge in [-0.2, -0.15) is 0 Å². The summed E-state index contributed by atoms with van der Waals surface area (Å²) in [4.78, 5) is 0. The molecule has 1 heterocycles. The largest absolute Gasteiger partial charge is 0.396 e. The Bertz CT molecular complexity index is 118. The van der Waals surface area contributed by atoms with Gasteiger partial charge in [0.25, 0.3) is 0 Å². The second kappa shape index (κ2) is 4.01. The van der Waals surface area contributed by atoms with Crippen molar-refractivity contribution in [1.82, 2.24) is 5.32 Å². The molecule has 0 aromatic carbocycles. The first-order chi connectivity index (χ1) is 5.25. The minimum Gasteiger partial charge on any atom is -0.396 e. The molecule has 1 fully saturated rings. The topological polar surface area (TPSA) is 72.7 Å². The smallest absolute Gasteiger partial charge is 0.0926 e. The molecule has 0 saturated carbocycles. The molecule has 11 heavy (non-hydrogen) atoms. The monoisotopic (exact) mass is 161 g/mol. The molecule has 0 bridgehead atoms. The molecule has 0 aliphatic carbocycles. The van der Waals surface area contributed by atoms with Crippen molar-refractivity contribution >= 4 is 0 Å². The lowest BCUT2D eigenvalue weighted by molar-refractivity contribution is -0.0404. The normalized spacial score (nSPS) is 39.0. The van der Waals surface area contributed by atoms with Gasteiger partial charge in [-0.1, -0.05) is 0 Å². The zero-order chi connectivity index (χ0) is 8.27. The van der Waals surface area contributed by atoms with E-state index in [2.05, 4.69) is 5.32 Å². The molecule has 0 radical (unpaired) electrons. The first kappa shape index (κ1) is 8.93.